The third-order valence-electron chi connectivity index (χ3n) is 2.41. The van der Waals surface area contributed by atoms with Crippen LogP contribution in [0, 0.1) is 5.92 Å². The summed E-state index contributed by atoms with van der Waals surface area (Å²) < 4.78 is 1.06. The molecular weight excluding hydrogens is 252 g/mol. The maximum absolute atomic E-state index is 4.18. The Balaban J connectivity index is 2.58. The molecule has 84 valence electrons. The van der Waals surface area contributed by atoms with Crippen LogP contribution >= 0.6 is 15.9 Å². The second kappa shape index (κ2) is 6.23. The first-order chi connectivity index (χ1) is 7.11. The van der Waals surface area contributed by atoms with Gasteiger partial charge < -0.3 is 5.32 Å². The Labute approximate surface area is 101 Å². The van der Waals surface area contributed by atoms with Gasteiger partial charge in [-0.25, -0.2) is 0 Å². The Hall–Kier alpha value is -0.410. The Morgan fingerprint density at radius 3 is 2.67 bits per heavy atom. The molecule has 0 aliphatic heterocycles. The number of hydrogen-bond acceptors (Lipinski definition) is 2. The van der Waals surface area contributed by atoms with Gasteiger partial charge in [0.1, 0.15) is 0 Å². The predicted octanol–water partition coefficient (Wildman–Crippen LogP) is 3.02. The molecule has 0 saturated carbocycles. The molecule has 0 aliphatic rings. The van der Waals surface area contributed by atoms with Crippen molar-refractivity contribution in [3.05, 3.63) is 28.5 Å². The monoisotopic (exact) mass is 270 g/mol. The van der Waals surface area contributed by atoms with Crippen LogP contribution in [0.1, 0.15) is 25.8 Å². The lowest BCUT2D eigenvalue weighted by Crippen LogP contribution is -2.29. The van der Waals surface area contributed by atoms with Gasteiger partial charge in [0.25, 0.3) is 0 Å². The number of rotatable bonds is 5. The molecule has 1 N–H and O–H groups in total. The summed E-state index contributed by atoms with van der Waals surface area (Å²) in [6.07, 6.45) is 6.00. The zero-order chi connectivity index (χ0) is 11.3. The van der Waals surface area contributed by atoms with Gasteiger partial charge in [-0.1, -0.05) is 13.8 Å². The number of halogens is 1. The fourth-order valence-corrected chi connectivity index (χ4v) is 2.14. The van der Waals surface area contributed by atoms with Crippen molar-refractivity contribution < 1.29 is 0 Å². The van der Waals surface area contributed by atoms with Crippen molar-refractivity contribution in [3.63, 3.8) is 0 Å². The van der Waals surface area contributed by atoms with Crippen molar-refractivity contribution in [1.82, 2.24) is 10.3 Å². The molecule has 0 bridgehead atoms. The van der Waals surface area contributed by atoms with Crippen LogP contribution in [0.25, 0.3) is 0 Å². The summed E-state index contributed by atoms with van der Waals surface area (Å²) in [5, 5.41) is 3.36. The molecule has 1 unspecified atom stereocenters. The van der Waals surface area contributed by atoms with Crippen molar-refractivity contribution in [3.8, 4) is 0 Å². The van der Waals surface area contributed by atoms with Crippen LogP contribution in [0.5, 0.6) is 0 Å². The molecule has 0 amide bonds. The van der Waals surface area contributed by atoms with E-state index < -0.39 is 0 Å². The van der Waals surface area contributed by atoms with Gasteiger partial charge in [-0.15, -0.1) is 0 Å². The van der Waals surface area contributed by atoms with Gasteiger partial charge in [0.05, 0.1) is 0 Å². The summed E-state index contributed by atoms with van der Waals surface area (Å²) in [6.45, 7) is 4.51. The fraction of sp³-hybridized carbons (Fsp3) is 0.583. The number of aromatic nitrogens is 1. The molecule has 1 aromatic rings. The third kappa shape index (κ3) is 4.76. The normalized spacial score (nSPS) is 13.1. The first-order valence-electron chi connectivity index (χ1n) is 5.38. The average molecular weight is 271 g/mol. The Kier molecular flexibility index (Phi) is 5.26. The molecule has 1 atom stereocenters. The summed E-state index contributed by atoms with van der Waals surface area (Å²) in [5.41, 5.74) is 1.28. The number of likely N-dealkylation sites (N-methyl/N-ethyl adjacent to an activating group) is 1. The van der Waals surface area contributed by atoms with E-state index in [0.717, 1.165) is 16.8 Å². The second-order valence-electron chi connectivity index (χ2n) is 4.33. The maximum atomic E-state index is 4.18. The van der Waals surface area contributed by atoms with Crippen molar-refractivity contribution in [1.29, 1.82) is 0 Å². The molecule has 0 radical (unpaired) electrons. The Morgan fingerprint density at radius 1 is 1.40 bits per heavy atom. The van der Waals surface area contributed by atoms with Gasteiger partial charge in [-0.05, 0) is 53.4 Å². The van der Waals surface area contributed by atoms with E-state index in [0.29, 0.717) is 6.04 Å². The molecule has 15 heavy (non-hydrogen) atoms. The highest BCUT2D eigenvalue weighted by Gasteiger charge is 2.09. The maximum Gasteiger partial charge on any atom is 0.0410 e. The molecule has 0 aliphatic carbocycles. The van der Waals surface area contributed by atoms with Gasteiger partial charge in [0, 0.05) is 22.9 Å². The van der Waals surface area contributed by atoms with Crippen LogP contribution in [0.4, 0.5) is 0 Å². The first-order valence-corrected chi connectivity index (χ1v) is 6.17. The van der Waals surface area contributed by atoms with E-state index >= 15 is 0 Å². The minimum Gasteiger partial charge on any atom is -0.317 e. The molecule has 0 fully saturated rings. The highest BCUT2D eigenvalue weighted by atomic mass is 79.9. The van der Waals surface area contributed by atoms with E-state index in [1.54, 1.807) is 0 Å². The molecule has 0 spiro atoms. The zero-order valence-corrected chi connectivity index (χ0v) is 11.2. The molecule has 1 heterocycles. The van der Waals surface area contributed by atoms with E-state index in [1.165, 1.54) is 12.0 Å². The SMILES string of the molecule is CNC(Cc1cncc(Br)c1)CC(C)C. The molecule has 0 aromatic carbocycles. The molecule has 1 rings (SSSR count). The van der Waals surface area contributed by atoms with Crippen molar-refractivity contribution >= 4 is 15.9 Å². The highest BCUT2D eigenvalue weighted by Crippen LogP contribution is 2.14. The predicted molar refractivity (Wildman–Crippen MR) is 67.9 cm³/mol. The van der Waals surface area contributed by atoms with Crippen LogP contribution in [-0.4, -0.2) is 18.1 Å². The lowest BCUT2D eigenvalue weighted by Gasteiger charge is -2.18. The van der Waals surface area contributed by atoms with Crippen molar-refractivity contribution in [2.24, 2.45) is 5.92 Å². The average Bonchev–Trinajstić information content (AvgIpc) is 2.16. The topological polar surface area (TPSA) is 24.9 Å². The van der Waals surface area contributed by atoms with Crippen LogP contribution < -0.4 is 5.32 Å². The van der Waals surface area contributed by atoms with E-state index in [2.05, 4.69) is 46.1 Å². The van der Waals surface area contributed by atoms with E-state index in [9.17, 15) is 0 Å². The standard InChI is InChI=1S/C12H19BrN2/c1-9(2)4-12(14-3)6-10-5-11(13)8-15-7-10/h5,7-9,12,14H,4,6H2,1-3H3. The third-order valence-corrected chi connectivity index (χ3v) is 2.84. The summed E-state index contributed by atoms with van der Waals surface area (Å²) in [7, 11) is 2.03. The van der Waals surface area contributed by atoms with E-state index in [1.807, 2.05) is 19.4 Å². The molecule has 2 nitrogen and oxygen atoms in total. The zero-order valence-electron chi connectivity index (χ0n) is 9.63. The van der Waals surface area contributed by atoms with Crippen molar-refractivity contribution in [2.45, 2.75) is 32.7 Å². The molecule has 0 saturated heterocycles. The number of nitrogens with zero attached hydrogens (tertiary/aromatic N) is 1. The van der Waals surface area contributed by atoms with Crippen LogP contribution in [0.3, 0.4) is 0 Å². The van der Waals surface area contributed by atoms with Crippen LogP contribution in [-0.2, 0) is 6.42 Å². The summed E-state index contributed by atoms with van der Waals surface area (Å²) in [5.74, 6) is 0.725. The molecule has 1 aromatic heterocycles. The smallest absolute Gasteiger partial charge is 0.0410 e. The summed E-state index contributed by atoms with van der Waals surface area (Å²) in [4.78, 5) is 4.18. The number of hydrogen-bond donors (Lipinski definition) is 1. The van der Waals surface area contributed by atoms with Gasteiger partial charge >= 0.3 is 0 Å². The molecular formula is C12H19BrN2. The highest BCUT2D eigenvalue weighted by molar-refractivity contribution is 9.10. The summed E-state index contributed by atoms with van der Waals surface area (Å²) in [6, 6.07) is 2.68. The quantitative estimate of drug-likeness (QED) is 0.890. The molecule has 3 heteroatoms. The lowest BCUT2D eigenvalue weighted by molar-refractivity contribution is 0.440. The lowest BCUT2D eigenvalue weighted by atomic mass is 9.98. The largest absolute Gasteiger partial charge is 0.317 e. The van der Waals surface area contributed by atoms with Crippen LogP contribution in [0.15, 0.2) is 22.9 Å². The minimum atomic E-state index is 0.543. The van der Waals surface area contributed by atoms with E-state index in [4.69, 9.17) is 0 Å². The second-order valence-corrected chi connectivity index (χ2v) is 5.25. The first kappa shape index (κ1) is 12.7. The van der Waals surface area contributed by atoms with Gasteiger partial charge in [-0.2, -0.15) is 0 Å². The van der Waals surface area contributed by atoms with Gasteiger partial charge in [0.15, 0.2) is 0 Å². The number of nitrogens with one attached hydrogen (secondary N) is 1. The van der Waals surface area contributed by atoms with Crippen molar-refractivity contribution in [2.75, 3.05) is 7.05 Å². The van der Waals surface area contributed by atoms with Gasteiger partial charge in [0.2, 0.25) is 0 Å². The Bertz CT molecular complexity index is 299. The fourth-order valence-electron chi connectivity index (χ4n) is 1.72. The summed E-state index contributed by atoms with van der Waals surface area (Å²) >= 11 is 3.44. The minimum absolute atomic E-state index is 0.543. The van der Waals surface area contributed by atoms with Gasteiger partial charge in [-0.3, -0.25) is 4.98 Å². The van der Waals surface area contributed by atoms with E-state index in [-0.39, 0.29) is 0 Å². The number of pyridine rings is 1. The Morgan fingerprint density at radius 2 is 2.13 bits per heavy atom. The van der Waals surface area contributed by atoms with Crippen LogP contribution in [0.2, 0.25) is 0 Å².